The lowest BCUT2D eigenvalue weighted by Gasteiger charge is -2.38. The van der Waals surface area contributed by atoms with Crippen LogP contribution in [0.3, 0.4) is 0 Å². The Morgan fingerprint density at radius 1 is 1.35 bits per heavy atom. The number of nitrogens with zero attached hydrogens (tertiary/aromatic N) is 2. The van der Waals surface area contributed by atoms with E-state index in [1.807, 2.05) is 50.1 Å². The fourth-order valence-corrected chi connectivity index (χ4v) is 3.28. The molecule has 0 aromatic heterocycles. The minimum Gasteiger partial charge on any atom is -0.492 e. The molecule has 1 unspecified atom stereocenters. The minimum absolute atomic E-state index is 0.0243. The van der Waals surface area contributed by atoms with Crippen LogP contribution in [0.4, 0.5) is 0 Å². The van der Waals surface area contributed by atoms with Gasteiger partial charge in [0.05, 0.1) is 12.6 Å². The molecular formula is C20H31N3O3. The second-order valence-corrected chi connectivity index (χ2v) is 7.03. The first kappa shape index (κ1) is 20.2. The van der Waals surface area contributed by atoms with Crippen LogP contribution in [0, 0.1) is 6.92 Å². The maximum absolute atomic E-state index is 12.4. The Morgan fingerprint density at radius 2 is 2.04 bits per heavy atom. The minimum atomic E-state index is -0.169. The third kappa shape index (κ3) is 5.73. The zero-order valence-corrected chi connectivity index (χ0v) is 16.3. The molecule has 1 N–H and O–H groups in total. The lowest BCUT2D eigenvalue weighted by Crippen LogP contribution is -2.52. The molecular weight excluding hydrogens is 330 g/mol. The second-order valence-electron chi connectivity index (χ2n) is 7.03. The number of carbonyl (C=O) groups is 2. The van der Waals surface area contributed by atoms with Crippen molar-refractivity contribution in [2.75, 3.05) is 33.3 Å². The second kappa shape index (κ2) is 9.57. The van der Waals surface area contributed by atoms with Crippen LogP contribution in [-0.4, -0.2) is 67.0 Å². The Kier molecular flexibility index (Phi) is 7.45. The molecule has 1 heterocycles. The lowest BCUT2D eigenvalue weighted by molar-refractivity contribution is -0.132. The van der Waals surface area contributed by atoms with Crippen LogP contribution in [-0.2, 0) is 9.59 Å². The van der Waals surface area contributed by atoms with Crippen molar-refractivity contribution in [2.45, 2.75) is 45.7 Å². The first-order valence-electron chi connectivity index (χ1n) is 9.33. The van der Waals surface area contributed by atoms with Gasteiger partial charge in [0.15, 0.2) is 0 Å². The van der Waals surface area contributed by atoms with E-state index < -0.39 is 0 Å². The van der Waals surface area contributed by atoms with Crippen molar-refractivity contribution in [3.63, 3.8) is 0 Å². The van der Waals surface area contributed by atoms with Gasteiger partial charge in [-0.2, -0.15) is 0 Å². The Balaban J connectivity index is 1.68. The molecule has 1 saturated heterocycles. The lowest BCUT2D eigenvalue weighted by atomic mass is 10.0. The molecule has 1 aliphatic heterocycles. The van der Waals surface area contributed by atoms with Gasteiger partial charge in [-0.3, -0.25) is 14.5 Å². The number of amides is 2. The van der Waals surface area contributed by atoms with E-state index in [4.69, 9.17) is 4.74 Å². The fourth-order valence-electron chi connectivity index (χ4n) is 3.28. The van der Waals surface area contributed by atoms with Gasteiger partial charge in [-0.25, -0.2) is 0 Å². The van der Waals surface area contributed by atoms with Gasteiger partial charge in [-0.1, -0.05) is 12.1 Å². The average molecular weight is 361 g/mol. The van der Waals surface area contributed by atoms with Crippen molar-refractivity contribution in [1.82, 2.24) is 15.1 Å². The summed E-state index contributed by atoms with van der Waals surface area (Å²) in [7, 11) is 1.85. The maximum atomic E-state index is 12.4. The quantitative estimate of drug-likeness (QED) is 0.753. The monoisotopic (exact) mass is 361 g/mol. The van der Waals surface area contributed by atoms with E-state index in [1.165, 1.54) is 0 Å². The summed E-state index contributed by atoms with van der Waals surface area (Å²) in [4.78, 5) is 27.8. The predicted octanol–water partition coefficient (Wildman–Crippen LogP) is 1.82. The zero-order valence-electron chi connectivity index (χ0n) is 16.3. The first-order valence-corrected chi connectivity index (χ1v) is 9.33. The molecule has 2 rings (SSSR count). The highest BCUT2D eigenvalue weighted by Gasteiger charge is 2.28. The Bertz CT molecular complexity index is 612. The third-order valence-electron chi connectivity index (χ3n) is 5.13. The number of hydrogen-bond acceptors (Lipinski definition) is 4. The van der Waals surface area contributed by atoms with E-state index in [2.05, 4.69) is 10.2 Å². The summed E-state index contributed by atoms with van der Waals surface area (Å²) >= 11 is 0. The van der Waals surface area contributed by atoms with Gasteiger partial charge < -0.3 is 15.0 Å². The third-order valence-corrected chi connectivity index (χ3v) is 5.13. The molecule has 1 aromatic rings. The number of hydrogen-bond donors (Lipinski definition) is 1. The summed E-state index contributed by atoms with van der Waals surface area (Å²) in [5.41, 5.74) is 1.15. The van der Waals surface area contributed by atoms with Gasteiger partial charge in [0, 0.05) is 33.1 Å². The summed E-state index contributed by atoms with van der Waals surface area (Å²) in [5.74, 6) is 0.947. The first-order chi connectivity index (χ1) is 12.4. The van der Waals surface area contributed by atoms with Gasteiger partial charge in [0.1, 0.15) is 12.4 Å². The van der Waals surface area contributed by atoms with Gasteiger partial charge in [0.2, 0.25) is 11.8 Å². The molecule has 26 heavy (non-hydrogen) atoms. The van der Waals surface area contributed by atoms with Crippen molar-refractivity contribution >= 4 is 11.8 Å². The van der Waals surface area contributed by atoms with E-state index in [1.54, 1.807) is 6.92 Å². The van der Waals surface area contributed by atoms with Gasteiger partial charge in [-0.05, 0) is 44.4 Å². The molecule has 1 aromatic carbocycles. The normalized spacial score (nSPS) is 16.8. The van der Waals surface area contributed by atoms with Gasteiger partial charge in [-0.15, -0.1) is 0 Å². The van der Waals surface area contributed by atoms with Crippen LogP contribution < -0.4 is 10.1 Å². The van der Waals surface area contributed by atoms with E-state index in [-0.39, 0.29) is 23.9 Å². The molecule has 1 aliphatic rings. The van der Waals surface area contributed by atoms with Crippen LogP contribution >= 0.6 is 0 Å². The van der Waals surface area contributed by atoms with Crippen LogP contribution in [0.25, 0.3) is 0 Å². The van der Waals surface area contributed by atoms with Gasteiger partial charge in [0.25, 0.3) is 0 Å². The van der Waals surface area contributed by atoms with Crippen LogP contribution in [0.15, 0.2) is 24.3 Å². The highest BCUT2D eigenvalue weighted by molar-refractivity contribution is 5.81. The smallest absolute Gasteiger partial charge is 0.237 e. The molecule has 2 amide bonds. The predicted molar refractivity (Wildman–Crippen MR) is 102 cm³/mol. The van der Waals surface area contributed by atoms with Crippen LogP contribution in [0.5, 0.6) is 5.75 Å². The molecule has 0 aliphatic carbocycles. The summed E-state index contributed by atoms with van der Waals surface area (Å²) in [6.07, 6.45) is 1.81. The highest BCUT2D eigenvalue weighted by atomic mass is 16.5. The van der Waals surface area contributed by atoms with Gasteiger partial charge >= 0.3 is 0 Å². The summed E-state index contributed by atoms with van der Waals surface area (Å²) in [5, 5.41) is 2.95. The zero-order chi connectivity index (χ0) is 19.1. The number of piperidine rings is 1. The Hall–Kier alpha value is -2.08. The molecule has 1 fully saturated rings. The average Bonchev–Trinajstić information content (AvgIpc) is 2.64. The molecule has 6 nitrogen and oxygen atoms in total. The number of carbonyl (C=O) groups excluding carboxylic acids is 2. The SMILES string of the molecule is CC(=O)N(C)C1CCN(C(C)C(=O)NCCOc2cccc(C)c2)CC1. The van der Waals surface area contributed by atoms with Crippen molar-refractivity contribution in [2.24, 2.45) is 0 Å². The maximum Gasteiger partial charge on any atom is 0.237 e. The van der Waals surface area contributed by atoms with E-state index in [0.29, 0.717) is 13.2 Å². The topological polar surface area (TPSA) is 61.9 Å². The summed E-state index contributed by atoms with van der Waals surface area (Å²) in [6, 6.07) is 7.98. The van der Waals surface area contributed by atoms with Crippen molar-refractivity contribution < 1.29 is 14.3 Å². The summed E-state index contributed by atoms with van der Waals surface area (Å²) in [6.45, 7) is 8.15. The number of aryl methyl sites for hydroxylation is 1. The molecule has 1 atom stereocenters. The Morgan fingerprint density at radius 3 is 2.65 bits per heavy atom. The number of likely N-dealkylation sites (tertiary alicyclic amines) is 1. The number of ether oxygens (including phenoxy) is 1. The molecule has 0 radical (unpaired) electrons. The Labute approximate surface area is 156 Å². The van der Waals surface area contributed by atoms with E-state index >= 15 is 0 Å². The molecule has 0 saturated carbocycles. The largest absolute Gasteiger partial charge is 0.492 e. The van der Waals surface area contributed by atoms with Crippen molar-refractivity contribution in [1.29, 1.82) is 0 Å². The van der Waals surface area contributed by atoms with E-state index in [0.717, 1.165) is 37.2 Å². The highest BCUT2D eigenvalue weighted by Crippen LogP contribution is 2.17. The standard InChI is InChI=1S/C20H31N3O3/c1-15-6-5-7-19(14-15)26-13-10-21-20(25)16(2)23-11-8-18(9-12-23)22(4)17(3)24/h5-7,14,16,18H,8-13H2,1-4H3,(H,21,25). The van der Waals surface area contributed by atoms with Crippen LogP contribution in [0.1, 0.15) is 32.3 Å². The number of rotatable bonds is 7. The number of nitrogens with one attached hydrogen (secondary N) is 1. The molecule has 144 valence electrons. The van der Waals surface area contributed by atoms with Crippen molar-refractivity contribution in [3.8, 4) is 5.75 Å². The molecule has 0 bridgehead atoms. The van der Waals surface area contributed by atoms with Crippen molar-refractivity contribution in [3.05, 3.63) is 29.8 Å². The van der Waals surface area contributed by atoms with Crippen LogP contribution in [0.2, 0.25) is 0 Å². The summed E-state index contributed by atoms with van der Waals surface area (Å²) < 4.78 is 5.66. The molecule has 0 spiro atoms. The number of benzene rings is 1. The van der Waals surface area contributed by atoms with E-state index in [9.17, 15) is 9.59 Å². The fraction of sp³-hybridized carbons (Fsp3) is 0.600. The molecule has 6 heteroatoms.